The lowest BCUT2D eigenvalue weighted by Crippen LogP contribution is -2.30. The number of rotatable bonds is 7. The van der Waals surface area contributed by atoms with Crippen LogP contribution in [0.5, 0.6) is 0 Å². The summed E-state index contributed by atoms with van der Waals surface area (Å²) in [5, 5.41) is 0. The molecule has 1 aliphatic carbocycles. The van der Waals surface area contributed by atoms with Gasteiger partial charge in [0.05, 0.1) is 0 Å². The van der Waals surface area contributed by atoms with E-state index in [1.54, 1.807) is 0 Å². The lowest BCUT2D eigenvalue weighted by atomic mass is 10.3. The molecule has 0 spiro atoms. The Bertz CT molecular complexity index is 166. The van der Waals surface area contributed by atoms with Gasteiger partial charge in [-0.1, -0.05) is 6.92 Å². The fourth-order valence-corrected chi connectivity index (χ4v) is 1.54. The minimum atomic E-state index is -0.183. The van der Waals surface area contributed by atoms with Crippen LogP contribution in [0.25, 0.3) is 0 Å². The van der Waals surface area contributed by atoms with Gasteiger partial charge in [-0.3, -0.25) is 4.79 Å². The van der Waals surface area contributed by atoms with E-state index in [1.807, 2.05) is 0 Å². The molecular formula is C10H20N2O. The zero-order valence-electron chi connectivity index (χ0n) is 8.46. The minimum Gasteiger partial charge on any atom is -0.370 e. The fourth-order valence-electron chi connectivity index (χ4n) is 1.54. The molecule has 0 aromatic rings. The fraction of sp³-hybridized carbons (Fsp3) is 0.900. The van der Waals surface area contributed by atoms with Crippen molar-refractivity contribution in [3.8, 4) is 0 Å². The molecule has 76 valence electrons. The number of hydrogen-bond acceptors (Lipinski definition) is 2. The Morgan fingerprint density at radius 1 is 1.46 bits per heavy atom. The smallest absolute Gasteiger partial charge is 0.218 e. The van der Waals surface area contributed by atoms with Crippen molar-refractivity contribution in [3.63, 3.8) is 0 Å². The Morgan fingerprint density at radius 2 is 2.15 bits per heavy atom. The molecule has 1 rings (SSSR count). The van der Waals surface area contributed by atoms with E-state index >= 15 is 0 Å². The predicted molar refractivity (Wildman–Crippen MR) is 53.3 cm³/mol. The molecule has 0 unspecified atom stereocenters. The van der Waals surface area contributed by atoms with E-state index in [1.165, 1.54) is 19.4 Å². The molecule has 0 aliphatic heterocycles. The average molecular weight is 184 g/mol. The van der Waals surface area contributed by atoms with Gasteiger partial charge >= 0.3 is 0 Å². The van der Waals surface area contributed by atoms with Crippen molar-refractivity contribution in [1.82, 2.24) is 4.90 Å². The highest BCUT2D eigenvalue weighted by atomic mass is 16.1. The van der Waals surface area contributed by atoms with Gasteiger partial charge in [0.1, 0.15) is 0 Å². The highest BCUT2D eigenvalue weighted by Gasteiger charge is 2.23. The molecule has 0 bridgehead atoms. The lowest BCUT2D eigenvalue weighted by molar-refractivity contribution is -0.118. The van der Waals surface area contributed by atoms with Crippen molar-refractivity contribution in [1.29, 1.82) is 0 Å². The molecule has 1 amide bonds. The van der Waals surface area contributed by atoms with Crippen LogP contribution in [-0.4, -0.2) is 30.4 Å². The molecular weight excluding hydrogens is 164 g/mol. The van der Waals surface area contributed by atoms with Crippen molar-refractivity contribution in [2.75, 3.05) is 19.6 Å². The van der Waals surface area contributed by atoms with Gasteiger partial charge in [0, 0.05) is 19.5 Å². The third-order valence-electron chi connectivity index (χ3n) is 2.43. The Labute approximate surface area is 80.3 Å². The Kier molecular flexibility index (Phi) is 4.22. The number of carbonyl (C=O) groups is 1. The first-order valence-electron chi connectivity index (χ1n) is 5.23. The molecule has 0 heterocycles. The molecule has 1 aliphatic rings. The van der Waals surface area contributed by atoms with E-state index in [9.17, 15) is 4.79 Å². The standard InChI is InChI=1S/C10H20N2O/c1-2-6-12(7-5-10(11)13)8-9-3-4-9/h9H,2-8H2,1H3,(H2,11,13). The second kappa shape index (κ2) is 5.22. The summed E-state index contributed by atoms with van der Waals surface area (Å²) in [5.41, 5.74) is 5.12. The summed E-state index contributed by atoms with van der Waals surface area (Å²) < 4.78 is 0. The highest BCUT2D eigenvalue weighted by molar-refractivity contribution is 5.73. The Balaban J connectivity index is 2.15. The predicted octanol–water partition coefficient (Wildman–Crippen LogP) is 0.984. The summed E-state index contributed by atoms with van der Waals surface area (Å²) in [6.07, 6.45) is 4.41. The Hall–Kier alpha value is -0.570. The van der Waals surface area contributed by atoms with Gasteiger partial charge in [-0.05, 0) is 31.7 Å². The molecule has 3 nitrogen and oxygen atoms in total. The van der Waals surface area contributed by atoms with Crippen molar-refractivity contribution in [2.45, 2.75) is 32.6 Å². The second-order valence-electron chi connectivity index (χ2n) is 3.96. The summed E-state index contributed by atoms with van der Waals surface area (Å²) in [6, 6.07) is 0. The number of nitrogens with zero attached hydrogens (tertiary/aromatic N) is 1. The minimum absolute atomic E-state index is 0.183. The summed E-state index contributed by atoms with van der Waals surface area (Å²) >= 11 is 0. The van der Waals surface area contributed by atoms with Crippen LogP contribution in [0, 0.1) is 5.92 Å². The van der Waals surface area contributed by atoms with Gasteiger partial charge in [-0.15, -0.1) is 0 Å². The topological polar surface area (TPSA) is 46.3 Å². The van der Waals surface area contributed by atoms with E-state index in [0.717, 1.165) is 25.4 Å². The van der Waals surface area contributed by atoms with Crippen LogP contribution in [0.4, 0.5) is 0 Å². The van der Waals surface area contributed by atoms with Gasteiger partial charge in [-0.2, -0.15) is 0 Å². The summed E-state index contributed by atoms with van der Waals surface area (Å²) in [5.74, 6) is 0.719. The van der Waals surface area contributed by atoms with Crippen molar-refractivity contribution >= 4 is 5.91 Å². The van der Waals surface area contributed by atoms with Gasteiger partial charge in [0.25, 0.3) is 0 Å². The maximum absolute atomic E-state index is 10.6. The SMILES string of the molecule is CCCN(CCC(N)=O)CC1CC1. The molecule has 3 heteroatoms. The number of amides is 1. The van der Waals surface area contributed by atoms with E-state index in [2.05, 4.69) is 11.8 Å². The zero-order valence-corrected chi connectivity index (χ0v) is 8.46. The van der Waals surface area contributed by atoms with Crippen molar-refractivity contribution in [3.05, 3.63) is 0 Å². The molecule has 13 heavy (non-hydrogen) atoms. The second-order valence-corrected chi connectivity index (χ2v) is 3.96. The monoisotopic (exact) mass is 184 g/mol. The molecule has 0 atom stereocenters. The van der Waals surface area contributed by atoms with E-state index in [4.69, 9.17) is 5.73 Å². The quantitative estimate of drug-likeness (QED) is 0.641. The molecule has 2 N–H and O–H groups in total. The van der Waals surface area contributed by atoms with Crippen LogP contribution in [-0.2, 0) is 4.79 Å². The first kappa shape index (κ1) is 10.5. The third kappa shape index (κ3) is 4.88. The van der Waals surface area contributed by atoms with Crippen LogP contribution < -0.4 is 5.73 Å². The van der Waals surface area contributed by atoms with Gasteiger partial charge < -0.3 is 10.6 Å². The van der Waals surface area contributed by atoms with Crippen LogP contribution in [0.1, 0.15) is 32.6 Å². The maximum Gasteiger partial charge on any atom is 0.218 e. The number of primary amides is 1. The van der Waals surface area contributed by atoms with E-state index in [0.29, 0.717) is 6.42 Å². The first-order chi connectivity index (χ1) is 6.22. The van der Waals surface area contributed by atoms with Crippen LogP contribution in [0.15, 0.2) is 0 Å². The van der Waals surface area contributed by atoms with Crippen LogP contribution in [0.3, 0.4) is 0 Å². The highest BCUT2D eigenvalue weighted by Crippen LogP contribution is 2.29. The maximum atomic E-state index is 10.6. The summed E-state index contributed by atoms with van der Waals surface area (Å²) in [4.78, 5) is 13.0. The van der Waals surface area contributed by atoms with Crippen LogP contribution >= 0.6 is 0 Å². The van der Waals surface area contributed by atoms with Crippen molar-refractivity contribution in [2.24, 2.45) is 11.7 Å². The molecule has 0 radical (unpaired) electrons. The molecule has 0 aromatic carbocycles. The molecule has 1 fully saturated rings. The van der Waals surface area contributed by atoms with E-state index < -0.39 is 0 Å². The largest absolute Gasteiger partial charge is 0.370 e. The molecule has 0 saturated heterocycles. The summed E-state index contributed by atoms with van der Waals surface area (Å²) in [7, 11) is 0. The third-order valence-corrected chi connectivity index (χ3v) is 2.43. The number of nitrogens with two attached hydrogens (primary N) is 1. The van der Waals surface area contributed by atoms with Crippen molar-refractivity contribution < 1.29 is 4.79 Å². The van der Waals surface area contributed by atoms with Crippen LogP contribution in [0.2, 0.25) is 0 Å². The van der Waals surface area contributed by atoms with Gasteiger partial charge in [-0.25, -0.2) is 0 Å². The van der Waals surface area contributed by atoms with Gasteiger partial charge in [0.2, 0.25) is 5.91 Å². The Morgan fingerprint density at radius 3 is 2.62 bits per heavy atom. The first-order valence-corrected chi connectivity index (χ1v) is 5.23. The number of carbonyl (C=O) groups excluding carboxylic acids is 1. The zero-order chi connectivity index (χ0) is 9.68. The number of hydrogen-bond donors (Lipinski definition) is 1. The average Bonchev–Trinajstić information content (AvgIpc) is 2.84. The van der Waals surface area contributed by atoms with Gasteiger partial charge in [0.15, 0.2) is 0 Å². The van der Waals surface area contributed by atoms with E-state index in [-0.39, 0.29) is 5.91 Å². The lowest BCUT2D eigenvalue weighted by Gasteiger charge is -2.20. The summed E-state index contributed by atoms with van der Waals surface area (Å²) in [6.45, 7) is 5.29. The molecule has 0 aromatic heterocycles. The molecule has 1 saturated carbocycles. The normalized spacial score (nSPS) is 16.5.